The molecule has 1 fully saturated rings. The van der Waals surface area contributed by atoms with Crippen molar-refractivity contribution in [3.63, 3.8) is 0 Å². The first-order chi connectivity index (χ1) is 6.75. The number of likely N-dealkylation sites (tertiary alicyclic amines) is 1. The third-order valence-electron chi connectivity index (χ3n) is 2.47. The molecule has 0 saturated carbocycles. The van der Waals surface area contributed by atoms with Crippen molar-refractivity contribution in [1.82, 2.24) is 4.90 Å². The number of nitrogens with two attached hydrogens (primary N) is 1. The second-order valence-electron chi connectivity index (χ2n) is 3.64. The molecule has 0 aromatic carbocycles. The third-order valence-corrected chi connectivity index (χ3v) is 2.47. The zero-order valence-electron chi connectivity index (χ0n) is 8.50. The molecule has 0 aromatic heterocycles. The summed E-state index contributed by atoms with van der Waals surface area (Å²) in [6, 6.07) is 0. The van der Waals surface area contributed by atoms with Gasteiger partial charge in [-0.15, -0.1) is 0 Å². The van der Waals surface area contributed by atoms with Crippen LogP contribution in [0.15, 0.2) is 0 Å². The highest BCUT2D eigenvalue weighted by Gasteiger charge is 2.24. The smallest absolute Gasteiger partial charge is 0.229 e. The van der Waals surface area contributed by atoms with Crippen molar-refractivity contribution in [2.45, 2.75) is 38.5 Å². The van der Waals surface area contributed by atoms with Gasteiger partial charge in [0, 0.05) is 19.4 Å². The Hall–Kier alpha value is -0.900. The molecule has 1 aliphatic rings. The number of hydrogen-bond donors (Lipinski definition) is 1. The summed E-state index contributed by atoms with van der Waals surface area (Å²) in [7, 11) is 0. The molecular weight excluding hydrogens is 180 g/mol. The summed E-state index contributed by atoms with van der Waals surface area (Å²) in [5, 5.41) is 0. The molecule has 2 amide bonds. The summed E-state index contributed by atoms with van der Waals surface area (Å²) in [5.74, 6) is -0.0111. The average molecular weight is 198 g/mol. The normalized spacial score (nSPS) is 17.6. The van der Waals surface area contributed by atoms with E-state index in [-0.39, 0.29) is 11.8 Å². The van der Waals surface area contributed by atoms with Gasteiger partial charge in [0.1, 0.15) is 0 Å². The molecule has 0 unspecified atom stereocenters. The van der Waals surface area contributed by atoms with Gasteiger partial charge in [0.2, 0.25) is 11.8 Å². The van der Waals surface area contributed by atoms with Crippen LogP contribution in [-0.2, 0) is 9.59 Å². The van der Waals surface area contributed by atoms with Crippen molar-refractivity contribution in [1.29, 1.82) is 0 Å². The molecule has 0 aliphatic carbocycles. The van der Waals surface area contributed by atoms with Crippen molar-refractivity contribution in [3.05, 3.63) is 0 Å². The zero-order valence-corrected chi connectivity index (χ0v) is 8.50. The summed E-state index contributed by atoms with van der Waals surface area (Å²) in [6.45, 7) is 1.26. The largest absolute Gasteiger partial charge is 0.330 e. The summed E-state index contributed by atoms with van der Waals surface area (Å²) in [4.78, 5) is 24.1. The standard InChI is InChI=1S/C10H18N2O2/c11-7-2-1-3-8-12-9(13)5-4-6-10(12)14/h1-8,11H2. The maximum atomic E-state index is 11.3. The van der Waals surface area contributed by atoms with Gasteiger partial charge < -0.3 is 5.73 Å². The number of unbranched alkanes of at least 4 members (excludes halogenated alkanes) is 2. The van der Waals surface area contributed by atoms with Crippen molar-refractivity contribution in [2.75, 3.05) is 13.1 Å². The first-order valence-corrected chi connectivity index (χ1v) is 5.29. The molecule has 4 heteroatoms. The fourth-order valence-corrected chi connectivity index (χ4v) is 1.64. The van der Waals surface area contributed by atoms with Gasteiger partial charge in [0.25, 0.3) is 0 Å². The Kier molecular flexibility index (Phi) is 4.59. The Balaban J connectivity index is 2.26. The molecular formula is C10H18N2O2. The van der Waals surface area contributed by atoms with E-state index < -0.39 is 0 Å². The van der Waals surface area contributed by atoms with Crippen molar-refractivity contribution >= 4 is 11.8 Å². The quantitative estimate of drug-likeness (QED) is 0.521. The maximum Gasteiger partial charge on any atom is 0.229 e. The Morgan fingerprint density at radius 1 is 1.07 bits per heavy atom. The molecule has 4 nitrogen and oxygen atoms in total. The lowest BCUT2D eigenvalue weighted by Gasteiger charge is -2.24. The fourth-order valence-electron chi connectivity index (χ4n) is 1.64. The number of hydrogen-bond acceptors (Lipinski definition) is 3. The molecule has 0 radical (unpaired) electrons. The van der Waals surface area contributed by atoms with E-state index in [9.17, 15) is 9.59 Å². The molecule has 80 valence electrons. The van der Waals surface area contributed by atoms with Crippen LogP contribution in [0.4, 0.5) is 0 Å². The maximum absolute atomic E-state index is 11.3. The highest BCUT2D eigenvalue weighted by Crippen LogP contribution is 2.12. The van der Waals surface area contributed by atoms with Crippen LogP contribution in [0.3, 0.4) is 0 Å². The molecule has 1 rings (SSSR count). The fraction of sp³-hybridized carbons (Fsp3) is 0.800. The molecule has 0 spiro atoms. The van der Waals surface area contributed by atoms with Crippen LogP contribution in [-0.4, -0.2) is 29.8 Å². The Morgan fingerprint density at radius 3 is 2.29 bits per heavy atom. The number of rotatable bonds is 5. The lowest BCUT2D eigenvalue weighted by molar-refractivity contribution is -0.147. The minimum atomic E-state index is -0.00556. The van der Waals surface area contributed by atoms with Crippen molar-refractivity contribution in [2.24, 2.45) is 5.73 Å². The average Bonchev–Trinajstić information content (AvgIpc) is 2.16. The first kappa shape index (κ1) is 11.2. The van der Waals surface area contributed by atoms with Crippen LogP contribution in [0.1, 0.15) is 38.5 Å². The van der Waals surface area contributed by atoms with Gasteiger partial charge in [-0.25, -0.2) is 0 Å². The van der Waals surface area contributed by atoms with Gasteiger partial charge in [0.05, 0.1) is 0 Å². The van der Waals surface area contributed by atoms with Crippen LogP contribution < -0.4 is 5.73 Å². The predicted molar refractivity (Wildman–Crippen MR) is 53.5 cm³/mol. The third kappa shape index (κ3) is 3.10. The number of carbonyl (C=O) groups excluding carboxylic acids is 2. The van der Waals surface area contributed by atoms with Crippen molar-refractivity contribution in [3.8, 4) is 0 Å². The summed E-state index contributed by atoms with van der Waals surface area (Å²) in [5.41, 5.74) is 5.35. The molecule has 1 saturated heterocycles. The molecule has 1 aliphatic heterocycles. The summed E-state index contributed by atoms with van der Waals surface area (Å²) >= 11 is 0. The second kappa shape index (κ2) is 5.75. The second-order valence-corrected chi connectivity index (χ2v) is 3.64. The van der Waals surface area contributed by atoms with Crippen LogP contribution in [0.2, 0.25) is 0 Å². The number of nitrogens with zero attached hydrogens (tertiary/aromatic N) is 1. The topological polar surface area (TPSA) is 63.4 Å². The van der Waals surface area contributed by atoms with E-state index in [0.29, 0.717) is 25.9 Å². The number of amides is 2. The van der Waals surface area contributed by atoms with E-state index in [1.807, 2.05) is 0 Å². The van der Waals surface area contributed by atoms with Gasteiger partial charge in [0.15, 0.2) is 0 Å². The highest BCUT2D eigenvalue weighted by molar-refractivity contribution is 5.97. The molecule has 14 heavy (non-hydrogen) atoms. The first-order valence-electron chi connectivity index (χ1n) is 5.29. The van der Waals surface area contributed by atoms with Gasteiger partial charge in [-0.2, -0.15) is 0 Å². The highest BCUT2D eigenvalue weighted by atomic mass is 16.2. The van der Waals surface area contributed by atoms with Crippen LogP contribution in [0.5, 0.6) is 0 Å². The Labute approximate surface area is 84.4 Å². The van der Waals surface area contributed by atoms with Crippen molar-refractivity contribution < 1.29 is 9.59 Å². The van der Waals surface area contributed by atoms with E-state index in [1.165, 1.54) is 4.90 Å². The van der Waals surface area contributed by atoms with Gasteiger partial charge >= 0.3 is 0 Å². The molecule has 1 heterocycles. The molecule has 0 aromatic rings. The lowest BCUT2D eigenvalue weighted by atomic mass is 10.1. The Bertz CT molecular complexity index is 200. The van der Waals surface area contributed by atoms with E-state index >= 15 is 0 Å². The van der Waals surface area contributed by atoms with Crippen LogP contribution >= 0.6 is 0 Å². The summed E-state index contributed by atoms with van der Waals surface area (Å²) in [6.07, 6.45) is 4.63. The SMILES string of the molecule is NCCCCCN1C(=O)CCCC1=O. The van der Waals surface area contributed by atoms with E-state index in [1.54, 1.807) is 0 Å². The molecule has 0 bridgehead atoms. The molecule has 2 N–H and O–H groups in total. The van der Waals surface area contributed by atoms with E-state index in [0.717, 1.165) is 25.7 Å². The van der Waals surface area contributed by atoms with Crippen LogP contribution in [0, 0.1) is 0 Å². The van der Waals surface area contributed by atoms with E-state index in [2.05, 4.69) is 0 Å². The Morgan fingerprint density at radius 2 is 1.71 bits per heavy atom. The van der Waals surface area contributed by atoms with Gasteiger partial charge in [-0.05, 0) is 25.8 Å². The predicted octanol–water partition coefficient (Wildman–Crippen LogP) is 0.654. The van der Waals surface area contributed by atoms with Gasteiger partial charge in [-0.1, -0.05) is 6.42 Å². The van der Waals surface area contributed by atoms with Gasteiger partial charge in [-0.3, -0.25) is 14.5 Å². The minimum absolute atomic E-state index is 0.00556. The number of imide groups is 1. The molecule has 0 atom stereocenters. The lowest BCUT2D eigenvalue weighted by Crippen LogP contribution is -2.40. The number of carbonyl (C=O) groups is 2. The minimum Gasteiger partial charge on any atom is -0.330 e. The van der Waals surface area contributed by atoms with E-state index in [4.69, 9.17) is 5.73 Å². The zero-order chi connectivity index (χ0) is 10.4. The van der Waals surface area contributed by atoms with Crippen LogP contribution in [0.25, 0.3) is 0 Å². The number of piperidine rings is 1. The monoisotopic (exact) mass is 198 g/mol. The summed E-state index contributed by atoms with van der Waals surface area (Å²) < 4.78 is 0.